The summed E-state index contributed by atoms with van der Waals surface area (Å²) in [6.07, 6.45) is 3.60. The van der Waals surface area contributed by atoms with Gasteiger partial charge in [-0.2, -0.15) is 10.2 Å². The molecule has 0 radical (unpaired) electrons. The van der Waals surface area contributed by atoms with Crippen LogP contribution in [-0.4, -0.2) is 75.8 Å². The highest BCUT2D eigenvalue weighted by Gasteiger charge is 2.53. The summed E-state index contributed by atoms with van der Waals surface area (Å²) in [5, 5.41) is 12.3. The summed E-state index contributed by atoms with van der Waals surface area (Å²) in [7, 11) is 0. The fraction of sp³-hybridized carbons (Fsp3) is 0.421. The molecule has 0 unspecified atom stereocenters. The van der Waals surface area contributed by atoms with Crippen molar-refractivity contribution in [1.82, 2.24) is 24.4 Å². The van der Waals surface area contributed by atoms with Crippen LogP contribution in [0.2, 0.25) is 5.02 Å². The first-order valence-corrected chi connectivity index (χ1v) is 17.6. The minimum atomic E-state index is -0.733. The van der Waals surface area contributed by atoms with E-state index in [-0.39, 0.29) is 30.2 Å². The third-order valence-electron chi connectivity index (χ3n) is 10.3. The van der Waals surface area contributed by atoms with Gasteiger partial charge in [0.2, 0.25) is 5.91 Å². The van der Waals surface area contributed by atoms with Crippen molar-refractivity contribution in [3.8, 4) is 11.8 Å². The Hall–Kier alpha value is -4.79. The van der Waals surface area contributed by atoms with Gasteiger partial charge in [-0.05, 0) is 41.9 Å². The number of hydrogen-bond donors (Lipinski definition) is 0. The molecule has 0 bridgehead atoms. The second-order valence-corrected chi connectivity index (χ2v) is 14.3. The number of benzene rings is 2. The lowest BCUT2D eigenvalue weighted by molar-refractivity contribution is -0.128. The van der Waals surface area contributed by atoms with Gasteiger partial charge in [0.05, 0.1) is 59.5 Å². The second-order valence-electron chi connectivity index (χ2n) is 13.9. The van der Waals surface area contributed by atoms with E-state index in [4.69, 9.17) is 31.3 Å². The van der Waals surface area contributed by atoms with Crippen LogP contribution in [0.4, 0.5) is 11.5 Å². The molecule has 1 amide bonds. The lowest BCUT2D eigenvalue weighted by atomic mass is 9.81. The number of carbonyl (C=O) groups is 1. The van der Waals surface area contributed by atoms with Gasteiger partial charge in [-0.25, -0.2) is 14.8 Å². The maximum absolute atomic E-state index is 14.8. The number of fused-ring (bicyclic) bond motifs is 3. The Bertz CT molecular complexity index is 2070. The third-order valence-corrected chi connectivity index (χ3v) is 10.6. The minimum Gasteiger partial charge on any atom is -0.376 e. The lowest BCUT2D eigenvalue weighted by Crippen LogP contribution is -2.65. The van der Waals surface area contributed by atoms with Gasteiger partial charge in [-0.3, -0.25) is 9.36 Å². The summed E-state index contributed by atoms with van der Waals surface area (Å²) in [6, 6.07) is 14.0. The largest absolute Gasteiger partial charge is 0.376 e. The first kappa shape index (κ1) is 33.7. The van der Waals surface area contributed by atoms with E-state index < -0.39 is 11.2 Å². The predicted molar refractivity (Wildman–Crippen MR) is 194 cm³/mol. The van der Waals surface area contributed by atoms with Crippen LogP contribution >= 0.6 is 11.6 Å². The molecule has 258 valence electrons. The van der Waals surface area contributed by atoms with E-state index in [0.29, 0.717) is 62.3 Å². The number of ether oxygens (including phenoxy) is 1. The van der Waals surface area contributed by atoms with Gasteiger partial charge in [0, 0.05) is 42.8 Å². The Balaban J connectivity index is 1.50. The third kappa shape index (κ3) is 5.33. The number of amides is 1. The number of carbonyl (C=O) groups excluding carboxylic acids is 1. The Kier molecular flexibility index (Phi) is 8.87. The Labute approximate surface area is 296 Å². The first-order chi connectivity index (χ1) is 24.1. The number of aromatic nitrogens is 4. The Morgan fingerprint density at radius 2 is 1.80 bits per heavy atom. The SMILES string of the molecule is C=CC(=O)N1CCN(c2nc(=O)n(-c3c(C(C)C)ncnc3C(C)C)c3c2CCN(c2cccc4cccc(Cl)c24)C32COC2)C[C@@H]1CC#N. The topological polar surface area (TPSA) is 120 Å². The van der Waals surface area contributed by atoms with Crippen molar-refractivity contribution in [3.63, 3.8) is 0 Å². The summed E-state index contributed by atoms with van der Waals surface area (Å²) in [5.74, 6) is 0.378. The number of nitrogens with zero attached hydrogens (tertiary/aromatic N) is 8. The molecule has 0 saturated carbocycles. The van der Waals surface area contributed by atoms with Crippen LogP contribution in [0.5, 0.6) is 0 Å². The molecule has 12 heteroatoms. The lowest BCUT2D eigenvalue weighted by Gasteiger charge is -2.55. The van der Waals surface area contributed by atoms with Gasteiger partial charge in [-0.15, -0.1) is 0 Å². The summed E-state index contributed by atoms with van der Waals surface area (Å²) >= 11 is 6.91. The van der Waals surface area contributed by atoms with Crippen LogP contribution in [0.15, 0.2) is 60.2 Å². The summed E-state index contributed by atoms with van der Waals surface area (Å²) in [4.78, 5) is 48.0. The maximum atomic E-state index is 14.8. The number of piperazine rings is 1. The molecule has 50 heavy (non-hydrogen) atoms. The first-order valence-electron chi connectivity index (χ1n) is 17.2. The molecule has 2 fully saturated rings. The van der Waals surface area contributed by atoms with Crippen molar-refractivity contribution in [3.05, 3.63) is 93.5 Å². The van der Waals surface area contributed by atoms with E-state index in [9.17, 15) is 14.9 Å². The van der Waals surface area contributed by atoms with Crippen molar-refractivity contribution in [2.24, 2.45) is 0 Å². The molecule has 4 aromatic rings. The van der Waals surface area contributed by atoms with E-state index in [1.165, 1.54) is 6.08 Å². The number of rotatable bonds is 7. The zero-order chi connectivity index (χ0) is 35.3. The highest BCUT2D eigenvalue weighted by atomic mass is 35.5. The number of nitriles is 1. The molecule has 0 N–H and O–H groups in total. The summed E-state index contributed by atoms with van der Waals surface area (Å²) in [5.41, 5.74) is 3.79. The van der Waals surface area contributed by atoms with E-state index in [2.05, 4.69) is 68.3 Å². The van der Waals surface area contributed by atoms with Crippen LogP contribution in [-0.2, 0) is 21.5 Å². The number of hydrogen-bond acceptors (Lipinski definition) is 9. The van der Waals surface area contributed by atoms with Crippen LogP contribution in [0.3, 0.4) is 0 Å². The van der Waals surface area contributed by atoms with E-state index in [1.807, 2.05) is 18.2 Å². The molecular weight excluding hydrogens is 652 g/mol. The molecule has 2 aromatic heterocycles. The molecule has 0 aliphatic carbocycles. The normalized spacial score (nSPS) is 18.4. The fourth-order valence-corrected chi connectivity index (χ4v) is 8.23. The zero-order valence-electron chi connectivity index (χ0n) is 28.9. The van der Waals surface area contributed by atoms with Crippen molar-refractivity contribution < 1.29 is 9.53 Å². The predicted octanol–water partition coefficient (Wildman–Crippen LogP) is 5.48. The van der Waals surface area contributed by atoms with E-state index in [1.54, 1.807) is 15.8 Å². The molecule has 2 aromatic carbocycles. The summed E-state index contributed by atoms with van der Waals surface area (Å²) in [6.45, 7) is 14.5. The van der Waals surface area contributed by atoms with Gasteiger partial charge >= 0.3 is 5.69 Å². The van der Waals surface area contributed by atoms with Gasteiger partial charge in [0.25, 0.3) is 0 Å². The average Bonchev–Trinajstić information content (AvgIpc) is 3.09. The van der Waals surface area contributed by atoms with Crippen molar-refractivity contribution in [1.29, 1.82) is 5.26 Å². The standard InChI is InChI=1S/C38H41ClN8O3/c1-6-30(48)45-18-17-44(19-26(45)13-15-40)36-27-14-16-46(29-12-8-10-25-9-7-11-28(39)31(25)29)38(20-50-21-38)35(27)47(37(49)43-36)34-32(23(2)3)41-22-42-33(34)24(4)5/h6-12,22-24,26H,1,13-14,16-21H2,2-5H3/t26-/m0/s1. The average molecular weight is 693 g/mol. The van der Waals surface area contributed by atoms with Crippen LogP contribution < -0.4 is 15.5 Å². The number of anilines is 2. The zero-order valence-corrected chi connectivity index (χ0v) is 29.7. The van der Waals surface area contributed by atoms with Crippen LogP contribution in [0.1, 0.15) is 68.6 Å². The maximum Gasteiger partial charge on any atom is 0.354 e. The van der Waals surface area contributed by atoms with Crippen molar-refractivity contribution in [2.75, 3.05) is 49.2 Å². The molecule has 7 rings (SSSR count). The molecule has 1 spiro atoms. The quantitative estimate of drug-likeness (QED) is 0.232. The van der Waals surface area contributed by atoms with Crippen molar-refractivity contribution in [2.45, 2.75) is 64.0 Å². The van der Waals surface area contributed by atoms with Gasteiger partial charge in [-0.1, -0.05) is 70.1 Å². The minimum absolute atomic E-state index is 0.0000915. The monoisotopic (exact) mass is 692 g/mol. The van der Waals surface area contributed by atoms with Gasteiger partial charge in [0.1, 0.15) is 17.7 Å². The van der Waals surface area contributed by atoms with Gasteiger partial charge < -0.3 is 19.4 Å². The van der Waals surface area contributed by atoms with Crippen LogP contribution in [0.25, 0.3) is 16.5 Å². The summed E-state index contributed by atoms with van der Waals surface area (Å²) < 4.78 is 7.87. The fourth-order valence-electron chi connectivity index (χ4n) is 7.95. The molecular formula is C38H41ClN8O3. The van der Waals surface area contributed by atoms with E-state index in [0.717, 1.165) is 39.1 Å². The second kappa shape index (κ2) is 13.2. The molecule has 5 heterocycles. The van der Waals surface area contributed by atoms with Crippen LogP contribution in [0, 0.1) is 11.3 Å². The molecule has 11 nitrogen and oxygen atoms in total. The smallest absolute Gasteiger partial charge is 0.354 e. The van der Waals surface area contributed by atoms with E-state index >= 15 is 0 Å². The molecule has 3 aliphatic heterocycles. The van der Waals surface area contributed by atoms with Gasteiger partial charge in [0.15, 0.2) is 0 Å². The number of halogens is 1. The molecule has 3 aliphatic rings. The molecule has 2 saturated heterocycles. The highest BCUT2D eigenvalue weighted by molar-refractivity contribution is 6.36. The highest BCUT2D eigenvalue weighted by Crippen LogP contribution is 2.49. The Morgan fingerprint density at radius 1 is 1.10 bits per heavy atom. The Morgan fingerprint density at radius 3 is 2.42 bits per heavy atom. The van der Waals surface area contributed by atoms with Crippen molar-refractivity contribution >= 4 is 39.8 Å². The molecule has 1 atom stereocenters.